The Hall–Kier alpha value is -2.42. The lowest BCUT2D eigenvalue weighted by molar-refractivity contribution is -0.159. The van der Waals surface area contributed by atoms with E-state index in [2.05, 4.69) is 20.0 Å². The first-order valence-corrected chi connectivity index (χ1v) is 7.59. The molecule has 0 spiro atoms. The van der Waals surface area contributed by atoms with Gasteiger partial charge in [-0.05, 0) is 26.6 Å². The molecule has 1 aromatic carbocycles. The number of hydrogen-bond donors (Lipinski definition) is 1. The number of aromatic nitrogens is 2. The number of rotatable bonds is 6. The minimum absolute atomic E-state index is 0.0410. The summed E-state index contributed by atoms with van der Waals surface area (Å²) in [6.07, 6.45) is -4.63. The van der Waals surface area contributed by atoms with E-state index in [4.69, 9.17) is 0 Å². The lowest BCUT2D eigenvalue weighted by Crippen LogP contribution is -2.38. The second-order valence-electron chi connectivity index (χ2n) is 5.83. The summed E-state index contributed by atoms with van der Waals surface area (Å²) >= 11 is 0. The molecule has 0 aliphatic carbocycles. The fourth-order valence-electron chi connectivity index (χ4n) is 2.30. The Bertz CT molecular complexity index is 711. The Morgan fingerprint density at radius 2 is 1.92 bits per heavy atom. The van der Waals surface area contributed by atoms with Gasteiger partial charge in [0.25, 0.3) is 0 Å². The summed E-state index contributed by atoms with van der Waals surface area (Å²) in [6.45, 7) is 2.06. The van der Waals surface area contributed by atoms with Gasteiger partial charge in [0.2, 0.25) is 5.91 Å². The summed E-state index contributed by atoms with van der Waals surface area (Å²) in [7, 11) is 3.55. The van der Waals surface area contributed by atoms with Crippen LogP contribution < -0.4 is 5.32 Å². The summed E-state index contributed by atoms with van der Waals surface area (Å²) in [6, 6.07) is 7.06. The quantitative estimate of drug-likeness (QED) is 0.860. The van der Waals surface area contributed by atoms with E-state index in [1.807, 2.05) is 31.2 Å². The van der Waals surface area contributed by atoms with Crippen LogP contribution in [0.25, 0.3) is 0 Å². The highest BCUT2D eigenvalue weighted by Crippen LogP contribution is 2.27. The molecule has 136 valence electrons. The van der Waals surface area contributed by atoms with Gasteiger partial charge < -0.3 is 9.84 Å². The van der Waals surface area contributed by atoms with Gasteiger partial charge in [-0.2, -0.15) is 18.2 Å². The summed E-state index contributed by atoms with van der Waals surface area (Å²) in [5.41, 5.74) is 1.91. The second-order valence-corrected chi connectivity index (χ2v) is 5.83. The Balaban J connectivity index is 1.95. The van der Waals surface area contributed by atoms with E-state index in [0.29, 0.717) is 0 Å². The van der Waals surface area contributed by atoms with Crippen molar-refractivity contribution in [3.63, 3.8) is 0 Å². The largest absolute Gasteiger partial charge is 0.471 e. The molecule has 25 heavy (non-hydrogen) atoms. The maximum absolute atomic E-state index is 12.4. The number of likely N-dealkylation sites (N-methyl/N-ethyl adjacent to an activating group) is 1. The smallest absolute Gasteiger partial charge is 0.354 e. The number of nitrogens with zero attached hydrogens (tertiary/aromatic N) is 3. The van der Waals surface area contributed by atoms with Crippen molar-refractivity contribution in [2.45, 2.75) is 25.6 Å². The summed E-state index contributed by atoms with van der Waals surface area (Å²) in [5, 5.41) is 5.95. The fraction of sp³-hybridized carbons (Fsp3) is 0.438. The predicted molar refractivity (Wildman–Crippen MR) is 83.6 cm³/mol. The van der Waals surface area contributed by atoms with Crippen LogP contribution >= 0.6 is 0 Å². The monoisotopic (exact) mass is 356 g/mol. The highest BCUT2D eigenvalue weighted by atomic mass is 19.4. The van der Waals surface area contributed by atoms with Crippen LogP contribution in [0, 0.1) is 6.92 Å². The van der Waals surface area contributed by atoms with E-state index in [-0.39, 0.29) is 24.7 Å². The van der Waals surface area contributed by atoms with Crippen LogP contribution in [0.3, 0.4) is 0 Å². The summed E-state index contributed by atoms with van der Waals surface area (Å²) in [4.78, 5) is 17.4. The molecule has 0 fully saturated rings. The molecule has 2 aromatic rings. The topological polar surface area (TPSA) is 71.3 Å². The zero-order valence-electron chi connectivity index (χ0n) is 14.1. The molecule has 0 bridgehead atoms. The van der Waals surface area contributed by atoms with Crippen molar-refractivity contribution in [2.75, 3.05) is 20.6 Å². The Kier molecular flexibility index (Phi) is 5.78. The molecule has 0 aliphatic heterocycles. The van der Waals surface area contributed by atoms with Crippen molar-refractivity contribution in [3.8, 4) is 0 Å². The zero-order chi connectivity index (χ0) is 18.6. The first kappa shape index (κ1) is 18.9. The van der Waals surface area contributed by atoms with Gasteiger partial charge in [0.15, 0.2) is 5.82 Å². The summed E-state index contributed by atoms with van der Waals surface area (Å²) in [5.74, 6) is -1.75. The lowest BCUT2D eigenvalue weighted by Gasteiger charge is -2.23. The molecule has 1 amide bonds. The van der Waals surface area contributed by atoms with E-state index in [0.717, 1.165) is 11.1 Å². The molecule has 2 rings (SSSR count). The first-order chi connectivity index (χ1) is 11.7. The van der Waals surface area contributed by atoms with Crippen LogP contribution in [0.1, 0.15) is 28.9 Å². The fourth-order valence-corrected chi connectivity index (χ4v) is 2.30. The van der Waals surface area contributed by atoms with E-state index in [9.17, 15) is 18.0 Å². The van der Waals surface area contributed by atoms with Crippen molar-refractivity contribution >= 4 is 5.91 Å². The molecule has 6 nitrogen and oxygen atoms in total. The van der Waals surface area contributed by atoms with Gasteiger partial charge in [0.05, 0.1) is 0 Å². The van der Waals surface area contributed by atoms with E-state index >= 15 is 0 Å². The SMILES string of the molecule is Cc1ccc(C(C(=O)NCCc2noc(C(F)(F)F)n2)N(C)C)cc1. The maximum atomic E-state index is 12.4. The third-order valence-electron chi connectivity index (χ3n) is 3.52. The number of halogens is 3. The van der Waals surface area contributed by atoms with E-state index < -0.39 is 18.1 Å². The van der Waals surface area contributed by atoms with Crippen molar-refractivity contribution in [1.82, 2.24) is 20.4 Å². The Morgan fingerprint density at radius 1 is 1.28 bits per heavy atom. The molecule has 9 heteroatoms. The van der Waals surface area contributed by atoms with Gasteiger partial charge >= 0.3 is 12.1 Å². The average Bonchev–Trinajstić information content (AvgIpc) is 2.98. The third kappa shape index (κ3) is 5.02. The molecule has 0 saturated carbocycles. The van der Waals surface area contributed by atoms with Crippen LogP contribution in [-0.4, -0.2) is 41.6 Å². The van der Waals surface area contributed by atoms with Gasteiger partial charge in [0.1, 0.15) is 6.04 Å². The van der Waals surface area contributed by atoms with Gasteiger partial charge in [-0.3, -0.25) is 9.69 Å². The normalized spacial score (nSPS) is 13.1. The van der Waals surface area contributed by atoms with Gasteiger partial charge in [-0.25, -0.2) is 0 Å². The number of nitrogens with one attached hydrogen (secondary N) is 1. The molecule has 0 aliphatic rings. The van der Waals surface area contributed by atoms with Gasteiger partial charge in [0, 0.05) is 13.0 Å². The minimum Gasteiger partial charge on any atom is -0.354 e. The minimum atomic E-state index is -4.67. The number of amides is 1. The van der Waals surface area contributed by atoms with Crippen molar-refractivity contribution in [1.29, 1.82) is 0 Å². The highest BCUT2D eigenvalue weighted by Gasteiger charge is 2.38. The number of carbonyl (C=O) groups is 1. The Labute approximate surface area is 143 Å². The summed E-state index contributed by atoms with van der Waals surface area (Å²) < 4.78 is 41.3. The van der Waals surface area contributed by atoms with Crippen LogP contribution in [0.4, 0.5) is 13.2 Å². The molecule has 1 atom stereocenters. The van der Waals surface area contributed by atoms with Crippen LogP contribution in [-0.2, 0) is 17.4 Å². The maximum Gasteiger partial charge on any atom is 0.471 e. The Morgan fingerprint density at radius 3 is 2.44 bits per heavy atom. The zero-order valence-corrected chi connectivity index (χ0v) is 14.1. The van der Waals surface area contributed by atoms with Gasteiger partial charge in [-0.1, -0.05) is 35.0 Å². The molecule has 0 saturated heterocycles. The van der Waals surface area contributed by atoms with Crippen LogP contribution in [0.5, 0.6) is 0 Å². The van der Waals surface area contributed by atoms with Crippen molar-refractivity contribution in [2.24, 2.45) is 0 Å². The first-order valence-electron chi connectivity index (χ1n) is 7.59. The third-order valence-corrected chi connectivity index (χ3v) is 3.52. The number of alkyl halides is 3. The standard InChI is InChI=1S/C16H19F3N4O2/c1-10-4-6-11(7-5-10)13(23(2)3)14(24)20-9-8-12-21-15(25-22-12)16(17,18)19/h4-7,13H,8-9H2,1-3H3,(H,20,24). The van der Waals surface area contributed by atoms with E-state index in [1.165, 1.54) is 0 Å². The molecular weight excluding hydrogens is 337 g/mol. The van der Waals surface area contributed by atoms with Crippen LogP contribution in [0.2, 0.25) is 0 Å². The molecule has 1 aromatic heterocycles. The van der Waals surface area contributed by atoms with Crippen molar-refractivity contribution < 1.29 is 22.5 Å². The number of aryl methyl sites for hydroxylation is 1. The van der Waals surface area contributed by atoms with Crippen LogP contribution in [0.15, 0.2) is 28.8 Å². The highest BCUT2D eigenvalue weighted by molar-refractivity contribution is 5.83. The number of hydrogen-bond acceptors (Lipinski definition) is 5. The molecule has 1 heterocycles. The molecule has 0 radical (unpaired) electrons. The molecule has 1 unspecified atom stereocenters. The predicted octanol–water partition coefficient (Wildman–Crippen LogP) is 2.36. The second kappa shape index (κ2) is 7.64. The molecule has 1 N–H and O–H groups in total. The lowest BCUT2D eigenvalue weighted by atomic mass is 10.0. The average molecular weight is 356 g/mol. The number of benzene rings is 1. The van der Waals surface area contributed by atoms with Gasteiger partial charge in [-0.15, -0.1) is 0 Å². The molecular formula is C16H19F3N4O2. The van der Waals surface area contributed by atoms with E-state index in [1.54, 1.807) is 19.0 Å². The van der Waals surface area contributed by atoms with Crippen molar-refractivity contribution in [3.05, 3.63) is 47.1 Å². The number of carbonyl (C=O) groups excluding carboxylic acids is 1.